The first kappa shape index (κ1) is 29.1. The van der Waals surface area contributed by atoms with Gasteiger partial charge < -0.3 is 29.7 Å². The van der Waals surface area contributed by atoms with Crippen molar-refractivity contribution in [2.45, 2.75) is 19.3 Å². The third-order valence-electron chi connectivity index (χ3n) is 7.36. The van der Waals surface area contributed by atoms with Gasteiger partial charge in [-0.2, -0.15) is 0 Å². The Hall–Kier alpha value is -4.37. The molecular weight excluding hydrogens is 561 g/mol. The van der Waals surface area contributed by atoms with Gasteiger partial charge in [-0.15, -0.1) is 13.2 Å². The van der Waals surface area contributed by atoms with Crippen molar-refractivity contribution in [3.63, 3.8) is 0 Å². The van der Waals surface area contributed by atoms with Crippen molar-refractivity contribution in [3.8, 4) is 11.4 Å². The second kappa shape index (κ2) is 11.9. The molecular formula is C27H29F3N6O6. The first-order valence-electron chi connectivity index (χ1n) is 13.3. The van der Waals surface area contributed by atoms with Crippen LogP contribution in [0.25, 0.3) is 16.6 Å². The molecule has 0 aliphatic carbocycles. The highest BCUT2D eigenvalue weighted by Gasteiger charge is 2.33. The zero-order valence-electron chi connectivity index (χ0n) is 22.6. The maximum Gasteiger partial charge on any atom is 0.573 e. The van der Waals surface area contributed by atoms with Gasteiger partial charge >= 0.3 is 12.5 Å². The number of morpholine rings is 1. The third kappa shape index (κ3) is 6.41. The number of aromatic nitrogens is 2. The fourth-order valence-electron chi connectivity index (χ4n) is 4.99. The number of ether oxygens (including phenoxy) is 2. The molecule has 2 fully saturated rings. The number of alkyl halides is 3. The molecule has 1 aromatic heterocycles. The Morgan fingerprint density at radius 2 is 1.71 bits per heavy atom. The van der Waals surface area contributed by atoms with E-state index in [0.717, 1.165) is 11.8 Å². The van der Waals surface area contributed by atoms with Crippen LogP contribution in [0.2, 0.25) is 0 Å². The van der Waals surface area contributed by atoms with Gasteiger partial charge in [0, 0.05) is 45.0 Å². The Labute approximate surface area is 237 Å². The predicted octanol–water partition coefficient (Wildman–Crippen LogP) is 2.74. The van der Waals surface area contributed by atoms with E-state index < -0.39 is 35.7 Å². The van der Waals surface area contributed by atoms with Gasteiger partial charge in [0.25, 0.3) is 5.56 Å². The summed E-state index contributed by atoms with van der Waals surface area (Å²) in [5.74, 6) is -1.16. The number of nitrogens with zero attached hydrogens (tertiary/aromatic N) is 5. The summed E-state index contributed by atoms with van der Waals surface area (Å²) in [6.07, 6.45) is -4.71. The van der Waals surface area contributed by atoms with Crippen LogP contribution in [0.15, 0.2) is 47.5 Å². The van der Waals surface area contributed by atoms with E-state index >= 15 is 0 Å². The molecule has 2 amide bonds. The molecule has 0 bridgehead atoms. The SMILES string of the molecule is C[C@@H](C(=O)Nc1cc(-n2cnc3cc(N4CCN(C(=O)O)CC4)ccc3c2=O)ccc1OC(F)(F)F)N1CCOCC1. The van der Waals surface area contributed by atoms with Gasteiger partial charge in [0.15, 0.2) is 5.75 Å². The van der Waals surface area contributed by atoms with Crippen molar-refractivity contribution in [1.82, 2.24) is 19.4 Å². The number of carboxylic acid groups (broad SMARTS) is 1. The van der Waals surface area contributed by atoms with E-state index in [9.17, 15) is 27.6 Å². The molecule has 42 heavy (non-hydrogen) atoms. The van der Waals surface area contributed by atoms with Crippen molar-refractivity contribution in [2.75, 3.05) is 62.7 Å². The minimum absolute atomic E-state index is 0.173. The topological polar surface area (TPSA) is 129 Å². The molecule has 0 saturated carbocycles. The number of amides is 2. The fourth-order valence-corrected chi connectivity index (χ4v) is 4.99. The van der Waals surface area contributed by atoms with E-state index in [1.807, 2.05) is 9.80 Å². The summed E-state index contributed by atoms with van der Waals surface area (Å²) in [6.45, 7) is 5.19. The van der Waals surface area contributed by atoms with Crippen molar-refractivity contribution in [1.29, 1.82) is 0 Å². The molecule has 0 unspecified atom stereocenters. The van der Waals surface area contributed by atoms with Crippen LogP contribution in [0, 0.1) is 0 Å². The van der Waals surface area contributed by atoms with Crippen molar-refractivity contribution in [2.24, 2.45) is 0 Å². The van der Waals surface area contributed by atoms with E-state index in [1.54, 1.807) is 25.1 Å². The Morgan fingerprint density at radius 3 is 2.38 bits per heavy atom. The lowest BCUT2D eigenvalue weighted by atomic mass is 10.2. The molecule has 0 radical (unpaired) electrons. The van der Waals surface area contributed by atoms with E-state index in [4.69, 9.17) is 9.84 Å². The Kier molecular flexibility index (Phi) is 8.22. The van der Waals surface area contributed by atoms with Crippen LogP contribution >= 0.6 is 0 Å². The molecule has 3 heterocycles. The average Bonchev–Trinajstić information content (AvgIpc) is 2.97. The summed E-state index contributed by atoms with van der Waals surface area (Å²) in [7, 11) is 0. The number of rotatable bonds is 6. The first-order valence-corrected chi connectivity index (χ1v) is 13.3. The van der Waals surface area contributed by atoms with E-state index in [0.29, 0.717) is 58.0 Å². The largest absolute Gasteiger partial charge is 0.573 e. The number of benzene rings is 2. The summed E-state index contributed by atoms with van der Waals surface area (Å²) >= 11 is 0. The smallest absolute Gasteiger partial charge is 0.465 e. The highest BCUT2D eigenvalue weighted by atomic mass is 19.4. The van der Waals surface area contributed by atoms with Crippen LogP contribution in [0.4, 0.5) is 29.3 Å². The summed E-state index contributed by atoms with van der Waals surface area (Å²) < 4.78 is 50.0. The molecule has 15 heteroatoms. The molecule has 224 valence electrons. The van der Waals surface area contributed by atoms with Crippen LogP contribution in [0.1, 0.15) is 6.92 Å². The van der Waals surface area contributed by atoms with Crippen molar-refractivity contribution in [3.05, 3.63) is 53.1 Å². The summed E-state index contributed by atoms with van der Waals surface area (Å²) in [5, 5.41) is 12.0. The number of anilines is 2. The van der Waals surface area contributed by atoms with Gasteiger partial charge in [-0.25, -0.2) is 9.78 Å². The number of halogens is 3. The van der Waals surface area contributed by atoms with Crippen LogP contribution in [0.3, 0.4) is 0 Å². The first-order chi connectivity index (χ1) is 20.0. The number of fused-ring (bicyclic) bond motifs is 1. The average molecular weight is 591 g/mol. The fraction of sp³-hybridized carbons (Fsp3) is 0.407. The van der Waals surface area contributed by atoms with Gasteiger partial charge in [-0.3, -0.25) is 19.1 Å². The number of hydrogen-bond acceptors (Lipinski definition) is 8. The molecule has 5 rings (SSSR count). The monoisotopic (exact) mass is 590 g/mol. The second-order valence-corrected chi connectivity index (χ2v) is 9.92. The van der Waals surface area contributed by atoms with E-state index in [-0.39, 0.29) is 16.8 Å². The summed E-state index contributed by atoms with van der Waals surface area (Å²) in [4.78, 5) is 47.2. The summed E-state index contributed by atoms with van der Waals surface area (Å²) in [6, 6.07) is 7.97. The number of nitrogens with one attached hydrogen (secondary N) is 1. The lowest BCUT2D eigenvalue weighted by Gasteiger charge is -2.34. The normalized spacial score (nSPS) is 17.2. The zero-order valence-corrected chi connectivity index (χ0v) is 22.6. The molecule has 0 spiro atoms. The zero-order chi connectivity index (χ0) is 30.0. The van der Waals surface area contributed by atoms with Crippen LogP contribution in [0.5, 0.6) is 5.75 Å². The maximum absolute atomic E-state index is 13.4. The lowest BCUT2D eigenvalue weighted by molar-refractivity contribution is -0.274. The Balaban J connectivity index is 1.42. The van der Waals surface area contributed by atoms with Gasteiger partial charge in [-0.1, -0.05) is 0 Å². The third-order valence-corrected chi connectivity index (χ3v) is 7.36. The molecule has 2 aliphatic heterocycles. The minimum atomic E-state index is -5.00. The number of carbonyl (C=O) groups excluding carboxylic acids is 1. The Morgan fingerprint density at radius 1 is 1.02 bits per heavy atom. The molecule has 2 N–H and O–H groups in total. The number of carbonyl (C=O) groups is 2. The van der Waals surface area contributed by atoms with Gasteiger partial charge in [0.2, 0.25) is 5.91 Å². The maximum atomic E-state index is 13.4. The molecule has 3 aromatic rings. The second-order valence-electron chi connectivity index (χ2n) is 9.92. The molecule has 12 nitrogen and oxygen atoms in total. The molecule has 2 aromatic carbocycles. The number of piperazine rings is 1. The summed E-state index contributed by atoms with van der Waals surface area (Å²) in [5.41, 5.74) is 0.639. The van der Waals surface area contributed by atoms with Crippen LogP contribution in [-0.4, -0.2) is 101 Å². The van der Waals surface area contributed by atoms with Gasteiger partial charge in [0.05, 0.1) is 41.5 Å². The van der Waals surface area contributed by atoms with Crippen molar-refractivity contribution < 1.29 is 37.3 Å². The quantitative estimate of drug-likeness (QED) is 0.445. The Bertz CT molecular complexity index is 1530. The van der Waals surface area contributed by atoms with Crippen molar-refractivity contribution >= 4 is 34.3 Å². The molecule has 1 atom stereocenters. The number of hydrogen-bond donors (Lipinski definition) is 2. The minimum Gasteiger partial charge on any atom is -0.465 e. The van der Waals surface area contributed by atoms with Crippen LogP contribution < -0.4 is 20.5 Å². The van der Waals surface area contributed by atoms with E-state index in [2.05, 4.69) is 15.0 Å². The highest BCUT2D eigenvalue weighted by Crippen LogP contribution is 2.32. The van der Waals surface area contributed by atoms with Gasteiger partial charge in [0.1, 0.15) is 6.33 Å². The lowest BCUT2D eigenvalue weighted by Crippen LogP contribution is -2.48. The highest BCUT2D eigenvalue weighted by molar-refractivity contribution is 5.96. The standard InChI is InChI=1S/C27H29F3N6O6/c1-17(33-10-12-41-13-11-33)24(37)32-22-15-19(3-5-23(22)42-27(28,29)30)36-16-31-21-14-18(2-4-20(21)25(36)38)34-6-8-35(9-7-34)26(39)40/h2-5,14-17H,6-13H2,1H3,(H,32,37)(H,39,40)/t17-/m0/s1. The molecule has 2 aliphatic rings. The van der Waals surface area contributed by atoms with Gasteiger partial charge in [-0.05, 0) is 43.3 Å². The van der Waals surface area contributed by atoms with E-state index in [1.165, 1.54) is 27.9 Å². The van der Waals surface area contributed by atoms with Crippen LogP contribution in [-0.2, 0) is 9.53 Å². The molecule has 2 saturated heterocycles. The predicted molar refractivity (Wildman–Crippen MR) is 146 cm³/mol.